The lowest BCUT2D eigenvalue weighted by atomic mass is 10.2. The summed E-state index contributed by atoms with van der Waals surface area (Å²) in [5.41, 5.74) is 1.66. The van der Waals surface area contributed by atoms with Crippen molar-refractivity contribution in [1.82, 2.24) is 0 Å². The van der Waals surface area contributed by atoms with Crippen LogP contribution in [0.2, 0.25) is 5.02 Å². The van der Waals surface area contributed by atoms with Gasteiger partial charge in [0.25, 0.3) is 5.91 Å². The van der Waals surface area contributed by atoms with Gasteiger partial charge in [0.1, 0.15) is 6.54 Å². The third kappa shape index (κ3) is 4.72. The Labute approximate surface area is 178 Å². The highest BCUT2D eigenvalue weighted by Gasteiger charge is 2.27. The number of esters is 1. The molecular formula is C21H19ClN2O6. The highest BCUT2D eigenvalue weighted by Crippen LogP contribution is 2.36. The second-order valence-corrected chi connectivity index (χ2v) is 6.63. The van der Waals surface area contributed by atoms with Crippen LogP contribution < -0.4 is 19.7 Å². The van der Waals surface area contributed by atoms with Crippen LogP contribution in [0.5, 0.6) is 11.5 Å². The molecule has 0 spiro atoms. The van der Waals surface area contributed by atoms with Crippen LogP contribution in [-0.4, -0.2) is 45.2 Å². The maximum atomic E-state index is 12.5. The summed E-state index contributed by atoms with van der Waals surface area (Å²) in [5, 5.41) is 3.01. The monoisotopic (exact) mass is 430 g/mol. The molecule has 0 saturated heterocycles. The normalized spacial score (nSPS) is 12.9. The molecule has 2 amide bonds. The van der Waals surface area contributed by atoms with Crippen molar-refractivity contribution in [3.8, 4) is 11.5 Å². The van der Waals surface area contributed by atoms with E-state index in [1.54, 1.807) is 36.4 Å². The number of hydrogen-bond acceptors (Lipinski definition) is 6. The summed E-state index contributed by atoms with van der Waals surface area (Å²) in [6, 6.07) is 10.1. The summed E-state index contributed by atoms with van der Waals surface area (Å²) in [4.78, 5) is 37.6. The van der Waals surface area contributed by atoms with Gasteiger partial charge >= 0.3 is 5.97 Å². The van der Waals surface area contributed by atoms with Crippen molar-refractivity contribution in [2.45, 2.75) is 0 Å². The lowest BCUT2D eigenvalue weighted by Crippen LogP contribution is -2.43. The SMILES string of the molecule is COc1cc(C=CC(=O)OCC(=O)N2CC(=O)Nc3ccccc32)cc(Cl)c1OC. The molecule has 0 bridgehead atoms. The first-order valence-electron chi connectivity index (χ1n) is 8.88. The van der Waals surface area contributed by atoms with E-state index in [1.807, 2.05) is 0 Å². The van der Waals surface area contributed by atoms with Crippen molar-refractivity contribution in [2.75, 3.05) is 37.6 Å². The van der Waals surface area contributed by atoms with Crippen molar-refractivity contribution in [2.24, 2.45) is 0 Å². The number of fused-ring (bicyclic) bond motifs is 1. The third-order valence-corrected chi connectivity index (χ3v) is 4.56. The fourth-order valence-corrected chi connectivity index (χ4v) is 3.21. The zero-order chi connectivity index (χ0) is 21.7. The molecule has 1 N–H and O–H groups in total. The summed E-state index contributed by atoms with van der Waals surface area (Å²) in [7, 11) is 2.94. The number of para-hydroxylation sites is 2. The van der Waals surface area contributed by atoms with Crippen molar-refractivity contribution < 1.29 is 28.6 Å². The average molecular weight is 431 g/mol. The summed E-state index contributed by atoms with van der Waals surface area (Å²) >= 11 is 6.13. The van der Waals surface area contributed by atoms with Crippen LogP contribution in [0.3, 0.4) is 0 Å². The third-order valence-electron chi connectivity index (χ3n) is 4.28. The molecular weight excluding hydrogens is 412 g/mol. The number of amides is 2. The quantitative estimate of drug-likeness (QED) is 0.559. The van der Waals surface area contributed by atoms with Crippen LogP contribution in [0, 0.1) is 0 Å². The summed E-state index contributed by atoms with van der Waals surface area (Å²) in [5.74, 6) is -0.749. The number of nitrogens with one attached hydrogen (secondary N) is 1. The summed E-state index contributed by atoms with van der Waals surface area (Å²) < 4.78 is 15.4. The van der Waals surface area contributed by atoms with Crippen molar-refractivity contribution in [1.29, 1.82) is 0 Å². The lowest BCUT2D eigenvalue weighted by Gasteiger charge is -2.28. The number of benzene rings is 2. The molecule has 0 unspecified atom stereocenters. The molecule has 30 heavy (non-hydrogen) atoms. The number of ether oxygens (including phenoxy) is 3. The van der Waals surface area contributed by atoms with E-state index in [0.717, 1.165) is 0 Å². The molecule has 156 valence electrons. The van der Waals surface area contributed by atoms with Crippen LogP contribution in [0.1, 0.15) is 5.56 Å². The number of carbonyl (C=O) groups excluding carboxylic acids is 3. The Bertz CT molecular complexity index is 1020. The smallest absolute Gasteiger partial charge is 0.331 e. The van der Waals surface area contributed by atoms with Crippen LogP contribution in [0.4, 0.5) is 11.4 Å². The maximum absolute atomic E-state index is 12.5. The molecule has 9 heteroatoms. The fourth-order valence-electron chi connectivity index (χ4n) is 2.91. The number of rotatable bonds is 6. The fraction of sp³-hybridized carbons (Fsp3) is 0.190. The Balaban J connectivity index is 1.63. The van der Waals surface area contributed by atoms with Gasteiger partial charge in [-0.25, -0.2) is 4.79 Å². The molecule has 2 aromatic carbocycles. The number of nitrogens with zero attached hydrogens (tertiary/aromatic N) is 1. The molecule has 0 aliphatic carbocycles. The minimum atomic E-state index is -0.719. The van der Waals surface area contributed by atoms with E-state index in [1.165, 1.54) is 31.3 Å². The van der Waals surface area contributed by atoms with Gasteiger partial charge in [-0.15, -0.1) is 0 Å². The van der Waals surface area contributed by atoms with Gasteiger partial charge in [-0.1, -0.05) is 23.7 Å². The zero-order valence-corrected chi connectivity index (χ0v) is 17.1. The maximum Gasteiger partial charge on any atom is 0.331 e. The molecule has 0 radical (unpaired) electrons. The number of methoxy groups -OCH3 is 2. The minimum Gasteiger partial charge on any atom is -0.493 e. The predicted molar refractivity (Wildman–Crippen MR) is 112 cm³/mol. The molecule has 8 nitrogen and oxygen atoms in total. The van der Waals surface area contributed by atoms with Gasteiger partial charge in [-0.3, -0.25) is 14.5 Å². The van der Waals surface area contributed by atoms with Crippen molar-refractivity contribution >= 4 is 46.8 Å². The average Bonchev–Trinajstić information content (AvgIpc) is 2.74. The van der Waals surface area contributed by atoms with Gasteiger partial charge < -0.3 is 19.5 Å². The second kappa shape index (κ2) is 9.32. The molecule has 0 atom stereocenters. The van der Waals surface area contributed by atoms with E-state index < -0.39 is 18.5 Å². The largest absolute Gasteiger partial charge is 0.493 e. The highest BCUT2D eigenvalue weighted by molar-refractivity contribution is 6.32. The van der Waals surface area contributed by atoms with Gasteiger partial charge in [0, 0.05) is 6.08 Å². The van der Waals surface area contributed by atoms with Crippen LogP contribution >= 0.6 is 11.6 Å². The van der Waals surface area contributed by atoms with E-state index >= 15 is 0 Å². The topological polar surface area (TPSA) is 94.2 Å². The standard InChI is InChI=1S/C21H19ClN2O6/c1-28-17-10-13(9-14(22)21(17)29-2)7-8-20(27)30-12-19(26)24-11-18(25)23-15-5-3-4-6-16(15)24/h3-10H,11-12H2,1-2H3,(H,23,25). The molecule has 1 heterocycles. The first-order chi connectivity index (χ1) is 14.4. The van der Waals surface area contributed by atoms with E-state index in [2.05, 4.69) is 5.32 Å². The Morgan fingerprint density at radius 3 is 2.70 bits per heavy atom. The van der Waals surface area contributed by atoms with Gasteiger partial charge in [0.2, 0.25) is 5.91 Å². The first kappa shape index (κ1) is 21.2. The molecule has 0 fully saturated rings. The van der Waals surface area contributed by atoms with Gasteiger partial charge in [0.15, 0.2) is 18.1 Å². The van der Waals surface area contributed by atoms with Crippen LogP contribution in [-0.2, 0) is 19.1 Å². The van der Waals surface area contributed by atoms with E-state index in [0.29, 0.717) is 33.5 Å². The lowest BCUT2D eigenvalue weighted by molar-refractivity contribution is -0.143. The van der Waals surface area contributed by atoms with Gasteiger partial charge in [-0.2, -0.15) is 0 Å². The minimum absolute atomic E-state index is 0.145. The molecule has 1 aliphatic heterocycles. The van der Waals surface area contributed by atoms with E-state index in [-0.39, 0.29) is 12.5 Å². The van der Waals surface area contributed by atoms with Crippen LogP contribution in [0.25, 0.3) is 6.08 Å². The number of halogens is 1. The Hall–Kier alpha value is -3.52. The predicted octanol–water partition coefficient (Wildman–Crippen LogP) is 2.90. The highest BCUT2D eigenvalue weighted by atomic mass is 35.5. The van der Waals surface area contributed by atoms with Gasteiger partial charge in [0.05, 0.1) is 30.6 Å². The van der Waals surface area contributed by atoms with Gasteiger partial charge in [-0.05, 0) is 35.9 Å². The molecule has 2 aromatic rings. The Kier molecular flexibility index (Phi) is 6.58. The summed E-state index contributed by atoms with van der Waals surface area (Å²) in [6.45, 7) is -0.648. The number of carbonyl (C=O) groups is 3. The number of hydrogen-bond donors (Lipinski definition) is 1. The zero-order valence-electron chi connectivity index (χ0n) is 16.3. The molecule has 0 saturated carbocycles. The van der Waals surface area contributed by atoms with Crippen LogP contribution in [0.15, 0.2) is 42.5 Å². The molecule has 3 rings (SSSR count). The summed E-state index contributed by atoms with van der Waals surface area (Å²) in [6.07, 6.45) is 2.64. The van der Waals surface area contributed by atoms with Crippen molar-refractivity contribution in [3.05, 3.63) is 53.1 Å². The Morgan fingerprint density at radius 1 is 1.20 bits per heavy atom. The second-order valence-electron chi connectivity index (χ2n) is 6.22. The van der Waals surface area contributed by atoms with Crippen molar-refractivity contribution in [3.63, 3.8) is 0 Å². The molecule has 1 aliphatic rings. The number of anilines is 2. The van der Waals surface area contributed by atoms with E-state index in [4.69, 9.17) is 25.8 Å². The van der Waals surface area contributed by atoms with E-state index in [9.17, 15) is 14.4 Å². The molecule has 0 aromatic heterocycles. The first-order valence-corrected chi connectivity index (χ1v) is 9.26. The Morgan fingerprint density at radius 2 is 1.97 bits per heavy atom.